The molecule has 0 radical (unpaired) electrons. The molecule has 1 rings (SSSR count). The van der Waals surface area contributed by atoms with Crippen molar-refractivity contribution in [2.75, 3.05) is 12.4 Å². The van der Waals surface area contributed by atoms with E-state index in [4.69, 9.17) is 21.5 Å². The average Bonchev–Trinajstić information content (AvgIpc) is 2.27. The molecule has 0 aromatic heterocycles. The summed E-state index contributed by atoms with van der Waals surface area (Å²) in [5, 5.41) is 4.98. The average molecular weight is 310 g/mol. The predicted molar refractivity (Wildman–Crippen MR) is 73.2 cm³/mol. The molecule has 0 heterocycles. The molecule has 0 amide bonds. The largest absolute Gasteiger partial charge is 0.490 e. The summed E-state index contributed by atoms with van der Waals surface area (Å²) in [6.45, 7) is 3.77. The van der Waals surface area contributed by atoms with E-state index in [1.807, 2.05) is 13.8 Å². The number of ether oxygens (including phenoxy) is 1. The van der Waals surface area contributed by atoms with Crippen molar-refractivity contribution in [1.82, 2.24) is 0 Å². The third-order valence-corrected chi connectivity index (χ3v) is 3.94. The number of sulfonamides is 1. The highest BCUT2D eigenvalue weighted by Gasteiger charge is 2.21. The van der Waals surface area contributed by atoms with Crippen molar-refractivity contribution in [3.63, 3.8) is 0 Å². The number of halogens is 2. The Balaban J connectivity index is 2.74. The van der Waals surface area contributed by atoms with Gasteiger partial charge in [0.1, 0.15) is 0 Å². The van der Waals surface area contributed by atoms with Gasteiger partial charge in [-0.25, -0.2) is 17.9 Å². The molecule has 7 heteroatoms. The summed E-state index contributed by atoms with van der Waals surface area (Å²) < 4.78 is 41.1. The third-order valence-electron chi connectivity index (χ3n) is 2.76. The van der Waals surface area contributed by atoms with Crippen LogP contribution in [0.1, 0.15) is 13.8 Å². The van der Waals surface area contributed by atoms with Gasteiger partial charge in [0.05, 0.1) is 17.4 Å². The van der Waals surface area contributed by atoms with E-state index >= 15 is 0 Å². The van der Waals surface area contributed by atoms with Crippen LogP contribution in [0.5, 0.6) is 5.75 Å². The molecule has 0 saturated heterocycles. The number of nitrogens with two attached hydrogens (primary N) is 1. The van der Waals surface area contributed by atoms with E-state index in [1.165, 1.54) is 12.1 Å². The van der Waals surface area contributed by atoms with E-state index in [0.29, 0.717) is 0 Å². The molecular formula is C12H17ClFNO3S. The van der Waals surface area contributed by atoms with Gasteiger partial charge < -0.3 is 4.74 Å². The molecule has 1 atom stereocenters. The molecule has 0 aliphatic heterocycles. The topological polar surface area (TPSA) is 69.4 Å². The predicted octanol–water partition coefficient (Wildman–Crippen LogP) is 2.42. The number of rotatable bonds is 6. The maximum absolute atomic E-state index is 13.6. The van der Waals surface area contributed by atoms with E-state index in [0.717, 1.165) is 0 Å². The Labute approximate surface area is 117 Å². The number of primary sulfonamides is 1. The first-order valence-corrected chi connectivity index (χ1v) is 7.87. The minimum atomic E-state index is -3.59. The van der Waals surface area contributed by atoms with Crippen molar-refractivity contribution >= 4 is 21.6 Å². The normalized spacial score (nSPS) is 13.6. The number of hydrogen-bond acceptors (Lipinski definition) is 3. The van der Waals surface area contributed by atoms with Crippen LogP contribution in [0.3, 0.4) is 0 Å². The Morgan fingerprint density at radius 2 is 2.05 bits per heavy atom. The monoisotopic (exact) mass is 309 g/mol. The van der Waals surface area contributed by atoms with Gasteiger partial charge in [0.25, 0.3) is 0 Å². The summed E-state index contributed by atoms with van der Waals surface area (Å²) >= 11 is 5.63. The van der Waals surface area contributed by atoms with Gasteiger partial charge >= 0.3 is 0 Å². The lowest BCUT2D eigenvalue weighted by atomic mass is 9.99. The molecule has 1 aromatic rings. The van der Waals surface area contributed by atoms with E-state index in [2.05, 4.69) is 0 Å². The fourth-order valence-electron chi connectivity index (χ4n) is 1.52. The highest BCUT2D eigenvalue weighted by Crippen LogP contribution is 2.25. The van der Waals surface area contributed by atoms with Crippen molar-refractivity contribution in [3.05, 3.63) is 29.0 Å². The molecule has 19 heavy (non-hydrogen) atoms. The molecular weight excluding hydrogens is 293 g/mol. The van der Waals surface area contributed by atoms with Crippen LogP contribution in [-0.2, 0) is 10.0 Å². The van der Waals surface area contributed by atoms with Gasteiger partial charge in [0, 0.05) is 5.92 Å². The van der Waals surface area contributed by atoms with E-state index in [-0.39, 0.29) is 35.0 Å². The van der Waals surface area contributed by atoms with Crippen LogP contribution >= 0.6 is 11.6 Å². The van der Waals surface area contributed by atoms with Crippen LogP contribution in [-0.4, -0.2) is 20.8 Å². The van der Waals surface area contributed by atoms with Crippen LogP contribution in [0.25, 0.3) is 0 Å². The zero-order chi connectivity index (χ0) is 14.6. The summed E-state index contributed by atoms with van der Waals surface area (Å²) in [7, 11) is -3.59. The number of hydrogen-bond donors (Lipinski definition) is 1. The highest BCUT2D eigenvalue weighted by molar-refractivity contribution is 7.89. The van der Waals surface area contributed by atoms with Gasteiger partial charge in [0.15, 0.2) is 11.6 Å². The van der Waals surface area contributed by atoms with E-state index in [9.17, 15) is 12.8 Å². The summed E-state index contributed by atoms with van der Waals surface area (Å²) in [6.07, 6.45) is 0. The Hall–Kier alpha value is -0.850. The molecule has 0 aliphatic rings. The standard InChI is InChI=1S/C12H17ClFNO3S/c1-8(2)9(7-19(15,16)17)6-18-11-5-3-4-10(13)12(11)14/h3-5,8-9H,6-7H2,1-2H3,(H2,15,16,17). The van der Waals surface area contributed by atoms with Gasteiger partial charge in [0.2, 0.25) is 10.0 Å². The third kappa shape index (κ3) is 5.34. The lowest BCUT2D eigenvalue weighted by Crippen LogP contribution is -2.30. The highest BCUT2D eigenvalue weighted by atomic mass is 35.5. The lowest BCUT2D eigenvalue weighted by molar-refractivity contribution is 0.217. The van der Waals surface area contributed by atoms with Crippen molar-refractivity contribution < 1.29 is 17.5 Å². The van der Waals surface area contributed by atoms with Crippen molar-refractivity contribution in [2.45, 2.75) is 13.8 Å². The van der Waals surface area contributed by atoms with Crippen LogP contribution in [0.15, 0.2) is 18.2 Å². The zero-order valence-electron chi connectivity index (χ0n) is 10.8. The first-order chi connectivity index (χ1) is 8.70. The van der Waals surface area contributed by atoms with Crippen LogP contribution in [0.2, 0.25) is 5.02 Å². The van der Waals surface area contributed by atoms with Crippen molar-refractivity contribution in [3.8, 4) is 5.75 Å². The molecule has 0 saturated carbocycles. The Bertz CT molecular complexity index is 534. The summed E-state index contributed by atoms with van der Waals surface area (Å²) in [6, 6.07) is 4.41. The minimum absolute atomic E-state index is 0.00701. The summed E-state index contributed by atoms with van der Waals surface area (Å²) in [5.74, 6) is -1.11. The molecule has 1 aromatic carbocycles. The Morgan fingerprint density at radius 1 is 1.42 bits per heavy atom. The molecule has 1 unspecified atom stereocenters. The van der Waals surface area contributed by atoms with Crippen molar-refractivity contribution in [1.29, 1.82) is 0 Å². The second-order valence-corrected chi connectivity index (χ2v) is 6.76. The Morgan fingerprint density at radius 3 is 2.58 bits per heavy atom. The Kier molecular flexibility index (Phi) is 5.58. The van der Waals surface area contributed by atoms with Crippen molar-refractivity contribution in [2.24, 2.45) is 17.0 Å². The molecule has 108 valence electrons. The second kappa shape index (κ2) is 6.54. The van der Waals surface area contributed by atoms with E-state index in [1.54, 1.807) is 6.07 Å². The SMILES string of the molecule is CC(C)C(COc1cccc(Cl)c1F)CS(N)(=O)=O. The maximum Gasteiger partial charge on any atom is 0.209 e. The van der Waals surface area contributed by atoms with Gasteiger partial charge in [-0.15, -0.1) is 0 Å². The fourth-order valence-corrected chi connectivity index (χ4v) is 2.77. The first kappa shape index (κ1) is 16.2. The van der Waals surface area contributed by atoms with Crippen LogP contribution in [0, 0.1) is 17.7 Å². The molecule has 0 spiro atoms. The van der Waals surface area contributed by atoms with Gasteiger partial charge in [-0.2, -0.15) is 0 Å². The zero-order valence-corrected chi connectivity index (χ0v) is 12.3. The smallest absolute Gasteiger partial charge is 0.209 e. The van der Waals surface area contributed by atoms with Gasteiger partial charge in [-0.1, -0.05) is 31.5 Å². The van der Waals surface area contributed by atoms with Crippen LogP contribution in [0.4, 0.5) is 4.39 Å². The molecule has 4 nitrogen and oxygen atoms in total. The molecule has 0 bridgehead atoms. The van der Waals surface area contributed by atoms with Gasteiger partial charge in [-0.3, -0.25) is 0 Å². The summed E-state index contributed by atoms with van der Waals surface area (Å²) in [4.78, 5) is 0. The van der Waals surface area contributed by atoms with Gasteiger partial charge in [-0.05, 0) is 18.1 Å². The second-order valence-electron chi connectivity index (χ2n) is 4.70. The molecule has 0 aliphatic carbocycles. The quantitative estimate of drug-likeness (QED) is 0.877. The molecule has 0 fully saturated rings. The lowest BCUT2D eigenvalue weighted by Gasteiger charge is -2.20. The fraction of sp³-hybridized carbons (Fsp3) is 0.500. The minimum Gasteiger partial charge on any atom is -0.490 e. The maximum atomic E-state index is 13.6. The summed E-state index contributed by atoms with van der Waals surface area (Å²) in [5.41, 5.74) is 0. The first-order valence-electron chi connectivity index (χ1n) is 5.78. The van der Waals surface area contributed by atoms with E-state index < -0.39 is 15.8 Å². The number of benzene rings is 1. The van der Waals surface area contributed by atoms with Crippen LogP contribution < -0.4 is 9.88 Å². The molecule has 2 N–H and O–H groups in total.